The summed E-state index contributed by atoms with van der Waals surface area (Å²) in [7, 11) is 2.12. The molecule has 6 heteroatoms. The molecular weight excluding hydrogens is 309 g/mol. The van der Waals surface area contributed by atoms with Crippen molar-refractivity contribution in [2.24, 2.45) is 0 Å². The van der Waals surface area contributed by atoms with E-state index >= 15 is 0 Å². The zero-order chi connectivity index (χ0) is 13.7. The number of nitrogens with two attached hydrogens (primary N) is 1. The predicted molar refractivity (Wildman–Crippen MR) is 92.3 cm³/mol. The van der Waals surface area contributed by atoms with Crippen LogP contribution in [0.2, 0.25) is 0 Å². The number of carbonyl (C=O) groups is 1. The number of nitrogens with one attached hydrogen (secondary N) is 1. The van der Waals surface area contributed by atoms with Gasteiger partial charge in [0.25, 0.3) is 0 Å². The molecule has 0 aromatic heterocycles. The van der Waals surface area contributed by atoms with E-state index in [1.807, 2.05) is 24.3 Å². The normalized spacial score (nSPS) is 17.7. The molecule has 1 unspecified atom stereocenters. The Kier molecular flexibility index (Phi) is 9.42. The fourth-order valence-corrected chi connectivity index (χ4v) is 2.57. The molecule has 1 aromatic carbocycles. The monoisotopic (exact) mass is 333 g/mol. The van der Waals surface area contributed by atoms with Crippen LogP contribution in [0.1, 0.15) is 24.8 Å². The van der Waals surface area contributed by atoms with E-state index in [4.69, 9.17) is 5.73 Å². The number of hydrogen-bond acceptors (Lipinski definition) is 3. The van der Waals surface area contributed by atoms with E-state index in [2.05, 4.69) is 17.3 Å². The molecule has 4 nitrogen and oxygen atoms in total. The lowest BCUT2D eigenvalue weighted by Crippen LogP contribution is -2.38. The summed E-state index contributed by atoms with van der Waals surface area (Å²) in [5, 5.41) is 3.02. The highest BCUT2D eigenvalue weighted by Gasteiger charge is 2.20. The van der Waals surface area contributed by atoms with Crippen LogP contribution in [0.4, 0.5) is 5.69 Å². The summed E-state index contributed by atoms with van der Waals surface area (Å²) in [5.41, 5.74) is 7.68. The van der Waals surface area contributed by atoms with Crippen molar-refractivity contribution in [2.45, 2.75) is 31.7 Å². The molecule has 1 aromatic rings. The van der Waals surface area contributed by atoms with Crippen molar-refractivity contribution in [1.82, 2.24) is 10.2 Å². The van der Waals surface area contributed by atoms with Crippen molar-refractivity contribution in [3.8, 4) is 0 Å². The van der Waals surface area contributed by atoms with Gasteiger partial charge in [0.1, 0.15) is 0 Å². The first-order chi connectivity index (χ1) is 9.16. The zero-order valence-corrected chi connectivity index (χ0v) is 14.0. The van der Waals surface area contributed by atoms with Gasteiger partial charge in [-0.3, -0.25) is 4.79 Å². The molecule has 1 saturated heterocycles. The Morgan fingerprint density at radius 2 is 2.10 bits per heavy atom. The number of likely N-dealkylation sites (tertiary alicyclic amines) is 1. The Balaban J connectivity index is 0.00000200. The maximum absolute atomic E-state index is 11.8. The number of likely N-dealkylation sites (N-methyl/N-ethyl adjacent to an activating group) is 1. The van der Waals surface area contributed by atoms with Crippen molar-refractivity contribution in [3.05, 3.63) is 29.8 Å². The van der Waals surface area contributed by atoms with E-state index in [-0.39, 0.29) is 30.7 Å². The number of amides is 1. The highest BCUT2D eigenvalue weighted by atomic mass is 35.5. The lowest BCUT2D eigenvalue weighted by Gasteiger charge is -2.19. The van der Waals surface area contributed by atoms with E-state index in [1.54, 1.807) is 0 Å². The number of anilines is 1. The molecule has 3 N–H and O–H groups in total. The fourth-order valence-electron chi connectivity index (χ4n) is 2.57. The van der Waals surface area contributed by atoms with Crippen LogP contribution in [-0.4, -0.2) is 37.0 Å². The summed E-state index contributed by atoms with van der Waals surface area (Å²) >= 11 is 0. The van der Waals surface area contributed by atoms with Crippen LogP contribution in [-0.2, 0) is 11.2 Å². The number of benzene rings is 1. The average molecular weight is 334 g/mol. The summed E-state index contributed by atoms with van der Waals surface area (Å²) in [6.45, 7) is 1.90. The molecule has 0 saturated carbocycles. The fraction of sp³-hybridized carbons (Fsp3) is 0.533. The van der Waals surface area contributed by atoms with E-state index in [0.717, 1.165) is 24.3 Å². The van der Waals surface area contributed by atoms with E-state index in [9.17, 15) is 4.79 Å². The van der Waals surface area contributed by atoms with Crippen LogP contribution < -0.4 is 11.1 Å². The van der Waals surface area contributed by atoms with Gasteiger partial charge in [-0.1, -0.05) is 18.2 Å². The molecule has 0 bridgehead atoms. The van der Waals surface area contributed by atoms with Gasteiger partial charge >= 0.3 is 0 Å². The molecule has 0 spiro atoms. The van der Waals surface area contributed by atoms with Gasteiger partial charge in [0.05, 0.1) is 0 Å². The molecule has 1 aliphatic heterocycles. The minimum atomic E-state index is 0. The quantitative estimate of drug-likeness (QED) is 0.812. The first-order valence-corrected chi connectivity index (χ1v) is 6.97. The van der Waals surface area contributed by atoms with Crippen LogP contribution >= 0.6 is 24.8 Å². The number of para-hydroxylation sites is 1. The zero-order valence-electron chi connectivity index (χ0n) is 12.4. The van der Waals surface area contributed by atoms with Gasteiger partial charge in [-0.05, 0) is 44.5 Å². The lowest BCUT2D eigenvalue weighted by molar-refractivity contribution is -0.121. The molecule has 21 heavy (non-hydrogen) atoms. The Morgan fingerprint density at radius 1 is 1.38 bits per heavy atom. The van der Waals surface area contributed by atoms with Crippen molar-refractivity contribution in [3.63, 3.8) is 0 Å². The third-order valence-corrected chi connectivity index (χ3v) is 3.88. The van der Waals surface area contributed by atoms with E-state index < -0.39 is 0 Å². The van der Waals surface area contributed by atoms with Gasteiger partial charge in [0.15, 0.2) is 0 Å². The maximum Gasteiger partial charge on any atom is 0.220 e. The van der Waals surface area contributed by atoms with Gasteiger partial charge in [0.2, 0.25) is 5.91 Å². The molecule has 1 atom stereocenters. The molecule has 0 aliphatic carbocycles. The molecule has 1 heterocycles. The lowest BCUT2D eigenvalue weighted by atomic mass is 10.1. The van der Waals surface area contributed by atoms with Crippen LogP contribution in [0, 0.1) is 0 Å². The van der Waals surface area contributed by atoms with Gasteiger partial charge in [-0.15, -0.1) is 24.8 Å². The van der Waals surface area contributed by atoms with Gasteiger partial charge in [0, 0.05) is 24.7 Å². The van der Waals surface area contributed by atoms with E-state index in [0.29, 0.717) is 18.9 Å². The number of aryl methyl sites for hydroxylation is 1. The maximum atomic E-state index is 11.8. The van der Waals surface area contributed by atoms with Crippen LogP contribution in [0.15, 0.2) is 24.3 Å². The molecular formula is C15H25Cl2N3O. The number of hydrogen-bond donors (Lipinski definition) is 2. The van der Waals surface area contributed by atoms with Crippen molar-refractivity contribution < 1.29 is 4.79 Å². The van der Waals surface area contributed by atoms with Crippen LogP contribution in [0.25, 0.3) is 0 Å². The standard InChI is InChI=1S/C15H23N3O.2ClH/c1-18-10-4-6-13(18)11-17-15(19)9-8-12-5-2-3-7-14(12)16;;/h2-3,5,7,13H,4,6,8-11,16H2,1H3,(H,17,19);2*1H. The van der Waals surface area contributed by atoms with Crippen molar-refractivity contribution in [1.29, 1.82) is 0 Å². The van der Waals surface area contributed by atoms with Crippen LogP contribution in [0.3, 0.4) is 0 Å². The Morgan fingerprint density at radius 3 is 2.71 bits per heavy atom. The Bertz CT molecular complexity index is 443. The van der Waals surface area contributed by atoms with Gasteiger partial charge in [-0.25, -0.2) is 0 Å². The first kappa shape index (κ1) is 20.0. The van der Waals surface area contributed by atoms with Crippen molar-refractivity contribution in [2.75, 3.05) is 25.9 Å². The van der Waals surface area contributed by atoms with Gasteiger partial charge < -0.3 is 16.0 Å². The minimum Gasteiger partial charge on any atom is -0.399 e. The SMILES string of the molecule is CN1CCCC1CNC(=O)CCc1ccccc1N.Cl.Cl. The molecule has 0 radical (unpaired) electrons. The molecule has 1 amide bonds. The topological polar surface area (TPSA) is 58.4 Å². The third-order valence-electron chi connectivity index (χ3n) is 3.88. The van der Waals surface area contributed by atoms with Crippen molar-refractivity contribution >= 4 is 36.4 Å². The second kappa shape index (κ2) is 9.87. The number of carbonyl (C=O) groups excluding carboxylic acids is 1. The first-order valence-electron chi connectivity index (χ1n) is 6.97. The molecule has 1 fully saturated rings. The molecule has 2 rings (SSSR count). The summed E-state index contributed by atoms with van der Waals surface area (Å²) in [4.78, 5) is 14.1. The number of nitrogens with zero attached hydrogens (tertiary/aromatic N) is 1. The highest BCUT2D eigenvalue weighted by molar-refractivity contribution is 5.85. The number of halogens is 2. The number of rotatable bonds is 5. The smallest absolute Gasteiger partial charge is 0.220 e. The third kappa shape index (κ3) is 6.12. The Hall–Kier alpha value is -0.970. The summed E-state index contributed by atoms with van der Waals surface area (Å²) in [5.74, 6) is 0.114. The summed E-state index contributed by atoms with van der Waals surface area (Å²) in [6, 6.07) is 8.23. The number of nitrogen functional groups attached to an aromatic ring is 1. The molecule has 1 aliphatic rings. The largest absolute Gasteiger partial charge is 0.399 e. The second-order valence-corrected chi connectivity index (χ2v) is 5.28. The average Bonchev–Trinajstić information content (AvgIpc) is 2.81. The highest BCUT2D eigenvalue weighted by Crippen LogP contribution is 2.14. The van der Waals surface area contributed by atoms with E-state index in [1.165, 1.54) is 12.8 Å². The second-order valence-electron chi connectivity index (χ2n) is 5.28. The Labute approximate surface area is 139 Å². The van der Waals surface area contributed by atoms with Crippen LogP contribution in [0.5, 0.6) is 0 Å². The summed E-state index contributed by atoms with van der Waals surface area (Å²) in [6.07, 6.45) is 3.63. The molecule has 120 valence electrons. The predicted octanol–water partition coefficient (Wildman–Crippen LogP) is 2.26. The van der Waals surface area contributed by atoms with Gasteiger partial charge in [-0.2, -0.15) is 0 Å². The summed E-state index contributed by atoms with van der Waals surface area (Å²) < 4.78 is 0. The minimum absolute atomic E-state index is 0.